The van der Waals surface area contributed by atoms with E-state index in [1.54, 1.807) is 0 Å². The monoisotopic (exact) mass is 339 g/mol. The van der Waals surface area contributed by atoms with Crippen LogP contribution in [-0.2, 0) is 4.74 Å². The smallest absolute Gasteiger partial charge is 0.357 e. The number of aryl methyl sites for hydroxylation is 2. The van der Waals surface area contributed by atoms with Crippen molar-refractivity contribution in [3.05, 3.63) is 26.1 Å². The molecule has 1 N–H and O–H groups in total. The summed E-state index contributed by atoms with van der Waals surface area (Å²) in [4.78, 5) is 34.1. The van der Waals surface area contributed by atoms with Crippen LogP contribution < -0.4 is 5.32 Å². The Bertz CT molecular complexity index is 719. The lowest BCUT2D eigenvalue weighted by Crippen LogP contribution is -2.13. The van der Waals surface area contributed by atoms with Crippen LogP contribution in [0.15, 0.2) is 0 Å². The van der Waals surface area contributed by atoms with Crippen molar-refractivity contribution in [2.24, 2.45) is 0 Å². The molecule has 0 bridgehead atoms. The molecule has 8 heteroatoms. The molecule has 0 saturated carbocycles. The van der Waals surface area contributed by atoms with Crippen LogP contribution in [0, 0.1) is 13.8 Å². The Kier molecular flexibility index (Phi) is 4.92. The van der Waals surface area contributed by atoms with Crippen LogP contribution in [0.4, 0.5) is 5.13 Å². The van der Waals surface area contributed by atoms with Gasteiger partial charge < -0.3 is 4.74 Å². The number of carbonyl (C=O) groups excluding carboxylic acids is 2. The van der Waals surface area contributed by atoms with Crippen LogP contribution in [0.5, 0.6) is 0 Å². The predicted molar refractivity (Wildman–Crippen MR) is 87.1 cm³/mol. The number of esters is 1. The molecular weight excluding hydrogens is 322 g/mol. The summed E-state index contributed by atoms with van der Waals surface area (Å²) in [6.45, 7) is 7.61. The summed E-state index contributed by atoms with van der Waals surface area (Å²) in [6.07, 6.45) is 0. The highest BCUT2D eigenvalue weighted by Crippen LogP contribution is 2.30. The minimum atomic E-state index is -0.499. The summed E-state index contributed by atoms with van der Waals surface area (Å²) in [5.74, 6) is -0.705. The lowest BCUT2D eigenvalue weighted by molar-refractivity contribution is 0.0593. The Morgan fingerprint density at radius 2 is 1.82 bits per heavy atom. The van der Waals surface area contributed by atoms with Crippen molar-refractivity contribution in [1.82, 2.24) is 9.97 Å². The molecule has 0 saturated heterocycles. The maximum absolute atomic E-state index is 12.3. The van der Waals surface area contributed by atoms with Crippen LogP contribution >= 0.6 is 22.7 Å². The summed E-state index contributed by atoms with van der Waals surface area (Å²) < 4.78 is 4.73. The van der Waals surface area contributed by atoms with E-state index in [1.807, 2.05) is 27.7 Å². The Balaban J connectivity index is 2.28. The van der Waals surface area contributed by atoms with Crippen LogP contribution in [0.3, 0.4) is 0 Å². The quantitative estimate of drug-likeness (QED) is 0.864. The van der Waals surface area contributed by atoms with E-state index in [1.165, 1.54) is 29.8 Å². The molecule has 0 radical (unpaired) electrons. The van der Waals surface area contributed by atoms with Gasteiger partial charge in [-0.1, -0.05) is 13.8 Å². The average molecular weight is 339 g/mol. The Labute approximate surface area is 136 Å². The van der Waals surface area contributed by atoms with Gasteiger partial charge in [0.05, 0.1) is 12.1 Å². The summed E-state index contributed by atoms with van der Waals surface area (Å²) >= 11 is 2.75. The van der Waals surface area contributed by atoms with E-state index in [0.717, 1.165) is 14.8 Å². The van der Waals surface area contributed by atoms with Gasteiger partial charge >= 0.3 is 5.97 Å². The number of rotatable bonds is 4. The molecule has 0 atom stereocenters. The predicted octanol–water partition coefficient (Wildman–Crippen LogP) is 3.38. The number of methoxy groups -OCH3 is 1. The molecule has 118 valence electrons. The third-order valence-corrected chi connectivity index (χ3v) is 5.05. The topological polar surface area (TPSA) is 81.2 Å². The number of anilines is 1. The summed E-state index contributed by atoms with van der Waals surface area (Å²) in [6, 6.07) is 0. The molecule has 2 aromatic rings. The number of hydrogen-bond acceptors (Lipinski definition) is 7. The number of ether oxygens (including phenoxy) is 1. The third kappa shape index (κ3) is 3.33. The molecule has 2 rings (SSSR count). The molecule has 0 aliphatic rings. The van der Waals surface area contributed by atoms with Crippen LogP contribution in [0.2, 0.25) is 0 Å². The van der Waals surface area contributed by atoms with E-state index in [4.69, 9.17) is 4.74 Å². The number of thiazole rings is 2. The summed E-state index contributed by atoms with van der Waals surface area (Å²) in [7, 11) is 1.31. The molecule has 0 fully saturated rings. The summed E-state index contributed by atoms with van der Waals surface area (Å²) in [5.41, 5.74) is 0.646. The van der Waals surface area contributed by atoms with Gasteiger partial charge in [-0.15, -0.1) is 22.7 Å². The fraction of sp³-hybridized carbons (Fsp3) is 0.429. The molecular formula is C14H17N3O3S2. The van der Waals surface area contributed by atoms with Gasteiger partial charge in [0.1, 0.15) is 5.69 Å². The molecule has 22 heavy (non-hydrogen) atoms. The number of nitrogens with one attached hydrogen (secondary N) is 1. The SMILES string of the molecule is COC(=O)c1nc(NC(=O)c2nc(C)sc2C)sc1C(C)C. The van der Waals surface area contributed by atoms with Crippen LogP contribution in [-0.4, -0.2) is 29.0 Å². The second-order valence-corrected chi connectivity index (χ2v) is 7.41. The van der Waals surface area contributed by atoms with Crippen LogP contribution in [0.25, 0.3) is 0 Å². The van der Waals surface area contributed by atoms with E-state index < -0.39 is 5.97 Å². The highest BCUT2D eigenvalue weighted by Gasteiger charge is 2.23. The zero-order valence-electron chi connectivity index (χ0n) is 13.0. The number of carbonyl (C=O) groups is 2. The van der Waals surface area contributed by atoms with E-state index in [2.05, 4.69) is 15.3 Å². The Morgan fingerprint density at radius 3 is 2.32 bits per heavy atom. The molecule has 6 nitrogen and oxygen atoms in total. The Hall–Kier alpha value is -1.80. The lowest BCUT2D eigenvalue weighted by Gasteiger charge is -2.02. The maximum Gasteiger partial charge on any atom is 0.357 e. The molecule has 2 heterocycles. The van der Waals surface area contributed by atoms with Crippen molar-refractivity contribution >= 4 is 39.7 Å². The normalized spacial score (nSPS) is 10.8. The first-order chi connectivity index (χ1) is 10.3. The zero-order chi connectivity index (χ0) is 16.4. The second-order valence-electron chi connectivity index (χ2n) is 4.97. The largest absolute Gasteiger partial charge is 0.464 e. The molecule has 0 aliphatic carbocycles. The lowest BCUT2D eigenvalue weighted by atomic mass is 10.1. The van der Waals surface area contributed by atoms with E-state index in [9.17, 15) is 9.59 Å². The van der Waals surface area contributed by atoms with Gasteiger partial charge in [0, 0.05) is 9.75 Å². The molecule has 1 amide bonds. The number of nitrogens with zero attached hydrogens (tertiary/aromatic N) is 2. The molecule has 0 aromatic carbocycles. The number of amides is 1. The van der Waals surface area contributed by atoms with Crippen molar-refractivity contribution < 1.29 is 14.3 Å². The van der Waals surface area contributed by atoms with E-state index in [-0.39, 0.29) is 17.5 Å². The van der Waals surface area contributed by atoms with Gasteiger partial charge in [-0.25, -0.2) is 14.8 Å². The number of hydrogen-bond donors (Lipinski definition) is 1. The minimum Gasteiger partial charge on any atom is -0.464 e. The first-order valence-electron chi connectivity index (χ1n) is 6.67. The van der Waals surface area contributed by atoms with E-state index >= 15 is 0 Å². The minimum absolute atomic E-state index is 0.112. The van der Waals surface area contributed by atoms with Crippen molar-refractivity contribution in [3.63, 3.8) is 0 Å². The molecule has 0 unspecified atom stereocenters. The van der Waals surface area contributed by atoms with Gasteiger partial charge in [0.2, 0.25) is 0 Å². The van der Waals surface area contributed by atoms with Gasteiger partial charge in [0.25, 0.3) is 5.91 Å². The fourth-order valence-corrected chi connectivity index (χ4v) is 3.68. The standard InChI is InChI=1S/C14H17N3O3S2/c1-6(2)11-10(13(19)20-5)16-14(22-11)17-12(18)9-7(3)21-8(4)15-9/h6H,1-5H3,(H,16,17,18). The van der Waals surface area contributed by atoms with Gasteiger partial charge in [-0.05, 0) is 19.8 Å². The Morgan fingerprint density at radius 1 is 1.14 bits per heavy atom. The van der Waals surface area contributed by atoms with Crippen molar-refractivity contribution in [2.75, 3.05) is 12.4 Å². The molecule has 0 spiro atoms. The van der Waals surface area contributed by atoms with E-state index in [0.29, 0.717) is 10.8 Å². The third-order valence-electron chi connectivity index (χ3n) is 2.90. The first-order valence-corrected chi connectivity index (χ1v) is 8.31. The fourth-order valence-electron chi connectivity index (χ4n) is 1.92. The molecule has 0 aliphatic heterocycles. The highest BCUT2D eigenvalue weighted by molar-refractivity contribution is 7.16. The molecule has 2 aromatic heterocycles. The van der Waals surface area contributed by atoms with Crippen molar-refractivity contribution in [2.45, 2.75) is 33.6 Å². The average Bonchev–Trinajstić information content (AvgIpc) is 3.01. The first kappa shape index (κ1) is 16.6. The summed E-state index contributed by atoms with van der Waals surface area (Å²) in [5, 5.41) is 3.92. The van der Waals surface area contributed by atoms with Crippen molar-refractivity contribution in [1.29, 1.82) is 0 Å². The van der Waals surface area contributed by atoms with Gasteiger partial charge in [-0.2, -0.15) is 0 Å². The zero-order valence-corrected chi connectivity index (χ0v) is 14.6. The van der Waals surface area contributed by atoms with Crippen molar-refractivity contribution in [3.8, 4) is 0 Å². The maximum atomic E-state index is 12.3. The highest BCUT2D eigenvalue weighted by atomic mass is 32.1. The van der Waals surface area contributed by atoms with Gasteiger partial charge in [0.15, 0.2) is 10.8 Å². The van der Waals surface area contributed by atoms with Crippen LogP contribution in [0.1, 0.15) is 55.5 Å². The second kappa shape index (κ2) is 6.53. The number of aromatic nitrogens is 2. The van der Waals surface area contributed by atoms with Gasteiger partial charge in [-0.3, -0.25) is 10.1 Å².